The number of aryl methyl sites for hydroxylation is 2. The van der Waals surface area contributed by atoms with Gasteiger partial charge in [0.1, 0.15) is 5.78 Å². The van der Waals surface area contributed by atoms with Crippen molar-refractivity contribution in [2.45, 2.75) is 96.3 Å². The molecule has 1 heterocycles. The van der Waals surface area contributed by atoms with Crippen LogP contribution < -0.4 is 0 Å². The molecule has 26 heavy (non-hydrogen) atoms. The minimum atomic E-state index is -0.680. The topological polar surface area (TPSA) is 72.2 Å². The number of carbonyl (C=O) groups excluding carboxylic acids is 1. The molecule has 0 aliphatic carbocycles. The van der Waals surface area contributed by atoms with Gasteiger partial charge < -0.3 is 5.11 Å². The van der Waals surface area contributed by atoms with E-state index in [1.807, 2.05) is 19.4 Å². The number of ketones is 1. The van der Waals surface area contributed by atoms with Gasteiger partial charge in [-0.3, -0.25) is 14.3 Å². The van der Waals surface area contributed by atoms with Crippen molar-refractivity contribution in [2.24, 2.45) is 7.05 Å². The Balaban J connectivity index is 1.80. The molecule has 0 unspecified atom stereocenters. The molecule has 0 bridgehead atoms. The van der Waals surface area contributed by atoms with E-state index in [1.165, 1.54) is 38.5 Å². The van der Waals surface area contributed by atoms with Gasteiger partial charge in [-0.25, -0.2) is 0 Å². The summed E-state index contributed by atoms with van der Waals surface area (Å²) in [7, 11) is 1.90. The van der Waals surface area contributed by atoms with Crippen LogP contribution in [0.15, 0.2) is 12.4 Å². The predicted octanol–water partition coefficient (Wildman–Crippen LogP) is 5.08. The average Bonchev–Trinajstić information content (AvgIpc) is 3.02. The standard InChI is InChI=1S/C21H36N2O3/c1-23-18-19(17-22-23)15-16-20(24)13-11-9-7-5-3-2-4-6-8-10-12-14-21(25)26/h17-18H,2-16H2,1H3,(H,25,26). The highest BCUT2D eigenvalue weighted by atomic mass is 16.4. The summed E-state index contributed by atoms with van der Waals surface area (Å²) in [5.74, 6) is -0.308. The number of hydrogen-bond acceptors (Lipinski definition) is 3. The smallest absolute Gasteiger partial charge is 0.303 e. The number of aromatic nitrogens is 2. The van der Waals surface area contributed by atoms with E-state index < -0.39 is 5.97 Å². The number of carboxylic acid groups (broad SMARTS) is 1. The van der Waals surface area contributed by atoms with Crippen molar-refractivity contribution in [1.82, 2.24) is 9.78 Å². The molecular weight excluding hydrogens is 328 g/mol. The van der Waals surface area contributed by atoms with E-state index in [0.29, 0.717) is 18.6 Å². The molecule has 0 spiro atoms. The Labute approximate surface area is 158 Å². The van der Waals surface area contributed by atoms with E-state index in [4.69, 9.17) is 5.11 Å². The largest absolute Gasteiger partial charge is 0.481 e. The minimum Gasteiger partial charge on any atom is -0.481 e. The fourth-order valence-corrected chi connectivity index (χ4v) is 3.20. The Bertz CT molecular complexity index is 511. The average molecular weight is 365 g/mol. The van der Waals surface area contributed by atoms with E-state index >= 15 is 0 Å². The Morgan fingerprint density at radius 3 is 1.81 bits per heavy atom. The van der Waals surface area contributed by atoms with Crippen LogP contribution in [0.1, 0.15) is 95.5 Å². The summed E-state index contributed by atoms with van der Waals surface area (Å²) < 4.78 is 1.78. The lowest BCUT2D eigenvalue weighted by atomic mass is 10.0. The summed E-state index contributed by atoms with van der Waals surface area (Å²) >= 11 is 0. The molecule has 0 aliphatic rings. The molecule has 0 fully saturated rings. The quantitative estimate of drug-likeness (QED) is 0.391. The highest BCUT2D eigenvalue weighted by Gasteiger charge is 2.04. The Hall–Kier alpha value is -1.65. The van der Waals surface area contributed by atoms with Gasteiger partial charge in [0.25, 0.3) is 0 Å². The summed E-state index contributed by atoms with van der Waals surface area (Å²) in [6.07, 6.45) is 19.0. The van der Waals surface area contributed by atoms with Crippen molar-refractivity contribution in [3.8, 4) is 0 Å². The number of nitrogens with zero attached hydrogens (tertiary/aromatic N) is 2. The number of hydrogen-bond donors (Lipinski definition) is 1. The zero-order valence-corrected chi connectivity index (χ0v) is 16.4. The molecular formula is C21H36N2O3. The van der Waals surface area contributed by atoms with Gasteiger partial charge in [0.2, 0.25) is 0 Å². The molecule has 148 valence electrons. The normalized spacial score (nSPS) is 11.0. The highest BCUT2D eigenvalue weighted by Crippen LogP contribution is 2.13. The van der Waals surface area contributed by atoms with E-state index in [1.54, 1.807) is 4.68 Å². The third-order valence-corrected chi connectivity index (χ3v) is 4.80. The summed E-state index contributed by atoms with van der Waals surface area (Å²) in [6.45, 7) is 0. The first-order valence-electron chi connectivity index (χ1n) is 10.3. The number of Topliss-reactive ketones (excluding diaryl/α,β-unsaturated/α-hetero) is 1. The van der Waals surface area contributed by atoms with Crippen LogP contribution in [0.25, 0.3) is 0 Å². The maximum absolute atomic E-state index is 11.9. The fraction of sp³-hybridized carbons (Fsp3) is 0.762. The number of unbranched alkanes of at least 4 members (excludes halogenated alkanes) is 10. The van der Waals surface area contributed by atoms with Gasteiger partial charge in [0.05, 0.1) is 6.20 Å². The third kappa shape index (κ3) is 12.7. The molecule has 1 aromatic rings. The van der Waals surface area contributed by atoms with Crippen molar-refractivity contribution in [2.75, 3.05) is 0 Å². The molecule has 0 saturated carbocycles. The molecule has 0 amide bonds. The van der Waals surface area contributed by atoms with Crippen LogP contribution in [0.4, 0.5) is 0 Å². The molecule has 0 saturated heterocycles. The lowest BCUT2D eigenvalue weighted by Crippen LogP contribution is -1.99. The van der Waals surface area contributed by atoms with Crippen LogP contribution in [0.5, 0.6) is 0 Å². The lowest BCUT2D eigenvalue weighted by Gasteiger charge is -2.03. The van der Waals surface area contributed by atoms with E-state index in [9.17, 15) is 9.59 Å². The first-order valence-corrected chi connectivity index (χ1v) is 10.3. The van der Waals surface area contributed by atoms with Crippen LogP contribution in [0, 0.1) is 0 Å². The van der Waals surface area contributed by atoms with Crippen LogP contribution in [0.2, 0.25) is 0 Å². The van der Waals surface area contributed by atoms with Crippen molar-refractivity contribution >= 4 is 11.8 Å². The van der Waals surface area contributed by atoms with Crippen molar-refractivity contribution in [3.63, 3.8) is 0 Å². The molecule has 1 rings (SSSR count). The second-order valence-electron chi connectivity index (χ2n) is 7.34. The van der Waals surface area contributed by atoms with Gasteiger partial charge in [-0.05, 0) is 24.8 Å². The third-order valence-electron chi connectivity index (χ3n) is 4.80. The van der Waals surface area contributed by atoms with Crippen molar-refractivity contribution in [1.29, 1.82) is 0 Å². The molecule has 0 aliphatic heterocycles. The van der Waals surface area contributed by atoms with E-state index in [0.717, 1.165) is 50.5 Å². The summed E-state index contributed by atoms with van der Waals surface area (Å²) in [5.41, 5.74) is 1.14. The lowest BCUT2D eigenvalue weighted by molar-refractivity contribution is -0.137. The van der Waals surface area contributed by atoms with Crippen LogP contribution in [-0.2, 0) is 23.1 Å². The monoisotopic (exact) mass is 364 g/mol. The van der Waals surface area contributed by atoms with Crippen LogP contribution in [-0.4, -0.2) is 26.6 Å². The maximum atomic E-state index is 11.9. The van der Waals surface area contributed by atoms with Crippen molar-refractivity contribution in [3.05, 3.63) is 18.0 Å². The van der Waals surface area contributed by atoms with Gasteiger partial charge in [0, 0.05) is 32.5 Å². The summed E-state index contributed by atoms with van der Waals surface area (Å²) in [4.78, 5) is 22.3. The first-order chi connectivity index (χ1) is 12.6. The van der Waals surface area contributed by atoms with Gasteiger partial charge in [0.15, 0.2) is 0 Å². The predicted molar refractivity (Wildman–Crippen MR) is 104 cm³/mol. The molecule has 1 N–H and O–H groups in total. The molecule has 5 heteroatoms. The minimum absolute atomic E-state index is 0.311. The molecule has 0 aromatic carbocycles. The SMILES string of the molecule is Cn1cc(CCC(=O)CCCCCCCCCCCCCC(=O)O)cn1. The van der Waals surface area contributed by atoms with Crippen LogP contribution >= 0.6 is 0 Å². The zero-order chi connectivity index (χ0) is 19.0. The highest BCUT2D eigenvalue weighted by molar-refractivity contribution is 5.78. The Morgan fingerprint density at radius 1 is 0.846 bits per heavy atom. The summed E-state index contributed by atoms with van der Waals surface area (Å²) in [6, 6.07) is 0. The van der Waals surface area contributed by atoms with Crippen LogP contribution in [0.3, 0.4) is 0 Å². The Morgan fingerprint density at radius 2 is 1.35 bits per heavy atom. The van der Waals surface area contributed by atoms with Crippen molar-refractivity contribution < 1.29 is 14.7 Å². The molecule has 1 aromatic heterocycles. The van der Waals surface area contributed by atoms with Gasteiger partial charge >= 0.3 is 5.97 Å². The second kappa shape index (κ2) is 14.5. The number of rotatable bonds is 17. The Kier molecular flexibility index (Phi) is 12.5. The van der Waals surface area contributed by atoms with Gasteiger partial charge in [-0.2, -0.15) is 5.10 Å². The van der Waals surface area contributed by atoms with E-state index in [2.05, 4.69) is 5.10 Å². The maximum Gasteiger partial charge on any atom is 0.303 e. The van der Waals surface area contributed by atoms with E-state index in [-0.39, 0.29) is 0 Å². The number of carbonyl (C=O) groups is 2. The number of carboxylic acids is 1. The number of aliphatic carboxylic acids is 1. The molecule has 5 nitrogen and oxygen atoms in total. The second-order valence-corrected chi connectivity index (χ2v) is 7.34. The van der Waals surface area contributed by atoms with Gasteiger partial charge in [-0.15, -0.1) is 0 Å². The summed E-state index contributed by atoms with van der Waals surface area (Å²) in [5, 5.41) is 12.7. The first kappa shape index (κ1) is 22.4. The zero-order valence-electron chi connectivity index (χ0n) is 16.4. The van der Waals surface area contributed by atoms with Gasteiger partial charge in [-0.1, -0.05) is 57.8 Å². The molecule has 0 radical (unpaired) electrons. The molecule has 0 atom stereocenters. The fourth-order valence-electron chi connectivity index (χ4n) is 3.20.